The van der Waals surface area contributed by atoms with E-state index in [2.05, 4.69) is 28.2 Å². The van der Waals surface area contributed by atoms with Crippen molar-refractivity contribution in [2.24, 2.45) is 5.41 Å². The molecular weight excluding hydrogens is 333 g/mol. The molecule has 3 rings (SSSR count). The van der Waals surface area contributed by atoms with Gasteiger partial charge >= 0.3 is 0 Å². The van der Waals surface area contributed by atoms with Crippen LogP contribution in [-0.2, 0) is 0 Å². The molecule has 2 saturated carbocycles. The van der Waals surface area contributed by atoms with Crippen LogP contribution in [0.2, 0.25) is 0 Å². The molecule has 1 spiro atoms. The first-order chi connectivity index (χ1) is 10.2. The van der Waals surface area contributed by atoms with E-state index in [1.54, 1.807) is 6.07 Å². The zero-order valence-electron chi connectivity index (χ0n) is 12.5. The fourth-order valence-electron chi connectivity index (χ4n) is 4.05. The zero-order valence-corrected chi connectivity index (χ0v) is 14.1. The van der Waals surface area contributed by atoms with Crippen molar-refractivity contribution in [1.82, 2.24) is 5.32 Å². The summed E-state index contributed by atoms with van der Waals surface area (Å²) in [5.74, 6) is 0.116. The molecule has 2 atom stereocenters. The van der Waals surface area contributed by atoms with Gasteiger partial charge in [0.2, 0.25) is 0 Å². The summed E-state index contributed by atoms with van der Waals surface area (Å²) in [6.07, 6.45) is 7.40. The number of hydrogen-bond acceptors (Lipinski definition) is 2. The van der Waals surface area contributed by atoms with E-state index in [1.165, 1.54) is 38.2 Å². The summed E-state index contributed by atoms with van der Waals surface area (Å²) in [7, 11) is 0. The normalized spacial score (nSPS) is 27.4. The van der Waals surface area contributed by atoms with Gasteiger partial charge in [-0.05, 0) is 37.6 Å². The SMILES string of the molecule is CCNC1CC(Oc2ccc(Br)cc2F)C12CCCCC2. The van der Waals surface area contributed by atoms with Crippen molar-refractivity contribution in [2.45, 2.75) is 57.6 Å². The fraction of sp³-hybridized carbons (Fsp3) is 0.647. The highest BCUT2D eigenvalue weighted by Crippen LogP contribution is 2.53. The minimum atomic E-state index is -0.276. The van der Waals surface area contributed by atoms with Gasteiger partial charge in [-0.1, -0.05) is 42.1 Å². The molecule has 0 bridgehead atoms. The van der Waals surface area contributed by atoms with Crippen LogP contribution in [0.3, 0.4) is 0 Å². The predicted octanol–water partition coefficient (Wildman–Crippen LogP) is 4.67. The molecule has 116 valence electrons. The van der Waals surface area contributed by atoms with Crippen LogP contribution in [0, 0.1) is 11.2 Å². The first-order valence-corrected chi connectivity index (χ1v) is 8.80. The van der Waals surface area contributed by atoms with Gasteiger partial charge in [-0.2, -0.15) is 0 Å². The molecule has 0 heterocycles. The highest BCUT2D eigenvalue weighted by atomic mass is 79.9. The van der Waals surface area contributed by atoms with E-state index in [9.17, 15) is 4.39 Å². The third-order valence-electron chi connectivity index (χ3n) is 5.18. The largest absolute Gasteiger partial charge is 0.487 e. The standard InChI is InChI=1S/C17H23BrFNO/c1-2-20-15-11-16(17(15)8-4-3-5-9-17)21-14-7-6-12(18)10-13(14)19/h6-7,10,15-16,20H,2-5,8-9,11H2,1H3. The van der Waals surface area contributed by atoms with E-state index in [-0.39, 0.29) is 17.3 Å². The monoisotopic (exact) mass is 355 g/mol. The maximum absolute atomic E-state index is 14.0. The summed E-state index contributed by atoms with van der Waals surface area (Å²) in [4.78, 5) is 0. The van der Waals surface area contributed by atoms with Gasteiger partial charge in [0, 0.05) is 22.4 Å². The Bertz CT molecular complexity index is 502. The maximum Gasteiger partial charge on any atom is 0.166 e. The van der Waals surface area contributed by atoms with E-state index in [0.717, 1.165) is 17.4 Å². The Balaban J connectivity index is 1.75. The molecule has 1 aromatic carbocycles. The lowest BCUT2D eigenvalue weighted by Gasteiger charge is -2.57. The van der Waals surface area contributed by atoms with E-state index in [4.69, 9.17) is 4.74 Å². The number of halogens is 2. The quantitative estimate of drug-likeness (QED) is 0.847. The molecule has 1 N–H and O–H groups in total. The van der Waals surface area contributed by atoms with Crippen molar-refractivity contribution >= 4 is 15.9 Å². The van der Waals surface area contributed by atoms with E-state index in [1.807, 2.05) is 6.07 Å². The molecular formula is C17H23BrFNO. The van der Waals surface area contributed by atoms with Gasteiger partial charge in [0.1, 0.15) is 6.10 Å². The van der Waals surface area contributed by atoms with Gasteiger partial charge in [0.05, 0.1) is 0 Å². The first-order valence-electron chi connectivity index (χ1n) is 8.01. The Morgan fingerprint density at radius 2 is 2.10 bits per heavy atom. The fourth-order valence-corrected chi connectivity index (χ4v) is 4.38. The molecule has 0 aliphatic heterocycles. The van der Waals surface area contributed by atoms with Crippen LogP contribution in [0.15, 0.2) is 22.7 Å². The number of nitrogens with one attached hydrogen (secondary N) is 1. The van der Waals surface area contributed by atoms with Crippen LogP contribution in [-0.4, -0.2) is 18.7 Å². The summed E-state index contributed by atoms with van der Waals surface area (Å²) in [5, 5.41) is 3.60. The summed E-state index contributed by atoms with van der Waals surface area (Å²) in [6.45, 7) is 3.14. The first kappa shape index (κ1) is 15.3. The van der Waals surface area contributed by atoms with Crippen molar-refractivity contribution in [3.63, 3.8) is 0 Å². The molecule has 2 fully saturated rings. The van der Waals surface area contributed by atoms with Crippen molar-refractivity contribution in [3.05, 3.63) is 28.5 Å². The van der Waals surface area contributed by atoms with E-state index in [0.29, 0.717) is 11.8 Å². The van der Waals surface area contributed by atoms with Gasteiger partial charge in [0.15, 0.2) is 11.6 Å². The minimum absolute atomic E-state index is 0.150. The summed E-state index contributed by atoms with van der Waals surface area (Å²) in [6, 6.07) is 5.58. The summed E-state index contributed by atoms with van der Waals surface area (Å²) < 4.78 is 20.8. The van der Waals surface area contributed by atoms with Crippen molar-refractivity contribution in [1.29, 1.82) is 0 Å². The number of rotatable bonds is 4. The lowest BCUT2D eigenvalue weighted by atomic mass is 9.55. The minimum Gasteiger partial charge on any atom is -0.487 e. The maximum atomic E-state index is 14.0. The van der Waals surface area contributed by atoms with Crippen molar-refractivity contribution in [2.75, 3.05) is 6.54 Å². The van der Waals surface area contributed by atoms with Crippen molar-refractivity contribution in [3.8, 4) is 5.75 Å². The molecule has 0 amide bonds. The van der Waals surface area contributed by atoms with Crippen molar-refractivity contribution < 1.29 is 9.13 Å². The zero-order chi connectivity index (χ0) is 14.9. The van der Waals surface area contributed by atoms with Gasteiger partial charge < -0.3 is 10.1 Å². The van der Waals surface area contributed by atoms with Gasteiger partial charge in [-0.15, -0.1) is 0 Å². The molecule has 2 aliphatic carbocycles. The van der Waals surface area contributed by atoms with Gasteiger partial charge in [-0.25, -0.2) is 4.39 Å². The topological polar surface area (TPSA) is 21.3 Å². The molecule has 2 nitrogen and oxygen atoms in total. The molecule has 1 aromatic rings. The lowest BCUT2D eigenvalue weighted by Crippen LogP contribution is -2.65. The third kappa shape index (κ3) is 2.85. The molecule has 21 heavy (non-hydrogen) atoms. The molecule has 4 heteroatoms. The molecule has 0 aromatic heterocycles. The average Bonchev–Trinajstić information content (AvgIpc) is 2.49. The summed E-state index contributed by atoms with van der Waals surface area (Å²) in [5.41, 5.74) is 0.216. The van der Waals surface area contributed by atoms with Crippen LogP contribution in [0.25, 0.3) is 0 Å². The summed E-state index contributed by atoms with van der Waals surface area (Å²) >= 11 is 3.29. The highest BCUT2D eigenvalue weighted by Gasteiger charge is 2.56. The van der Waals surface area contributed by atoms with E-state index >= 15 is 0 Å². The number of benzene rings is 1. The Labute approximate surface area is 134 Å². The van der Waals surface area contributed by atoms with Crippen LogP contribution in [0.5, 0.6) is 5.75 Å². The van der Waals surface area contributed by atoms with Gasteiger partial charge in [0.25, 0.3) is 0 Å². The Hall–Kier alpha value is -0.610. The molecule has 2 unspecified atom stereocenters. The second-order valence-electron chi connectivity index (χ2n) is 6.32. The van der Waals surface area contributed by atoms with Crippen LogP contribution in [0.4, 0.5) is 4.39 Å². The second kappa shape index (κ2) is 6.25. The number of ether oxygens (including phenoxy) is 1. The second-order valence-corrected chi connectivity index (χ2v) is 7.24. The van der Waals surface area contributed by atoms with Gasteiger partial charge in [-0.3, -0.25) is 0 Å². The molecule has 0 radical (unpaired) electrons. The Morgan fingerprint density at radius 1 is 1.33 bits per heavy atom. The average molecular weight is 356 g/mol. The number of hydrogen-bond donors (Lipinski definition) is 1. The van der Waals surface area contributed by atoms with Crippen LogP contribution < -0.4 is 10.1 Å². The Kier molecular flexibility index (Phi) is 4.55. The highest BCUT2D eigenvalue weighted by molar-refractivity contribution is 9.10. The Morgan fingerprint density at radius 3 is 2.76 bits per heavy atom. The van der Waals surface area contributed by atoms with Crippen LogP contribution >= 0.6 is 15.9 Å². The lowest BCUT2D eigenvalue weighted by molar-refractivity contribution is -0.103. The molecule has 0 saturated heterocycles. The predicted molar refractivity (Wildman–Crippen MR) is 86.1 cm³/mol. The molecule has 2 aliphatic rings. The van der Waals surface area contributed by atoms with E-state index < -0.39 is 0 Å². The smallest absolute Gasteiger partial charge is 0.166 e. The van der Waals surface area contributed by atoms with Crippen LogP contribution in [0.1, 0.15) is 45.4 Å². The third-order valence-corrected chi connectivity index (χ3v) is 5.68.